The number of nitrogens with two attached hydrogens (primary N) is 1. The fourth-order valence-electron chi connectivity index (χ4n) is 1.87. The molecule has 0 aromatic heterocycles. The first-order chi connectivity index (χ1) is 8.08. The summed E-state index contributed by atoms with van der Waals surface area (Å²) >= 11 is 0. The summed E-state index contributed by atoms with van der Waals surface area (Å²) in [6.45, 7) is 4.04. The number of methoxy groups -OCH3 is 1. The van der Waals surface area contributed by atoms with Gasteiger partial charge in [-0.15, -0.1) is 0 Å². The molecule has 2 unspecified atom stereocenters. The van der Waals surface area contributed by atoms with Gasteiger partial charge in [0.15, 0.2) is 0 Å². The van der Waals surface area contributed by atoms with Gasteiger partial charge < -0.3 is 10.5 Å². The Balaban J connectivity index is 2.85. The van der Waals surface area contributed by atoms with E-state index in [0.717, 1.165) is 12.0 Å². The molecule has 0 amide bonds. The van der Waals surface area contributed by atoms with Crippen molar-refractivity contribution in [2.24, 2.45) is 5.73 Å². The lowest BCUT2D eigenvalue weighted by Crippen LogP contribution is -2.27. The zero-order chi connectivity index (χ0) is 12.8. The highest BCUT2D eigenvalue weighted by Crippen LogP contribution is 2.23. The molecule has 0 saturated heterocycles. The molecule has 1 aromatic rings. The Morgan fingerprint density at radius 2 is 1.94 bits per heavy atom. The summed E-state index contributed by atoms with van der Waals surface area (Å²) in [4.78, 5) is 11.3. The first-order valence-corrected chi connectivity index (χ1v) is 5.99. The smallest absolute Gasteiger partial charge is 0.306 e. The number of hydrogen-bond donors (Lipinski definition) is 1. The van der Waals surface area contributed by atoms with Gasteiger partial charge in [0.05, 0.1) is 13.5 Å². The second-order valence-electron chi connectivity index (χ2n) is 4.34. The van der Waals surface area contributed by atoms with Crippen LogP contribution in [0.15, 0.2) is 24.3 Å². The maximum Gasteiger partial charge on any atom is 0.306 e. The van der Waals surface area contributed by atoms with Crippen molar-refractivity contribution in [3.63, 3.8) is 0 Å². The minimum Gasteiger partial charge on any atom is -0.469 e. The fourth-order valence-corrected chi connectivity index (χ4v) is 1.87. The molecule has 94 valence electrons. The van der Waals surface area contributed by atoms with Crippen LogP contribution in [0.1, 0.15) is 37.3 Å². The zero-order valence-corrected chi connectivity index (χ0v) is 10.8. The highest BCUT2D eigenvalue weighted by molar-refractivity contribution is 5.70. The summed E-state index contributed by atoms with van der Waals surface area (Å²) < 4.78 is 4.70. The summed E-state index contributed by atoms with van der Waals surface area (Å²) in [5.74, 6) is -0.194. The molecule has 3 nitrogen and oxygen atoms in total. The number of carbonyl (C=O) groups excluding carboxylic acids is 1. The van der Waals surface area contributed by atoms with Gasteiger partial charge in [0.25, 0.3) is 0 Å². The standard InChI is InChI=1S/C14H21NO2/c1-4-11-5-7-12(8-6-11)13(10(2)15)9-14(16)17-3/h5-8,10,13H,4,9,15H2,1-3H3. The SMILES string of the molecule is CCc1ccc(C(CC(=O)OC)C(C)N)cc1. The van der Waals surface area contributed by atoms with Crippen molar-refractivity contribution < 1.29 is 9.53 Å². The van der Waals surface area contributed by atoms with Gasteiger partial charge in [0.1, 0.15) is 0 Å². The van der Waals surface area contributed by atoms with Crippen LogP contribution in [0.3, 0.4) is 0 Å². The lowest BCUT2D eigenvalue weighted by molar-refractivity contribution is -0.141. The van der Waals surface area contributed by atoms with Gasteiger partial charge in [-0.25, -0.2) is 0 Å². The summed E-state index contributed by atoms with van der Waals surface area (Å²) in [5.41, 5.74) is 8.32. The second kappa shape index (κ2) is 6.40. The Labute approximate surface area is 103 Å². The summed E-state index contributed by atoms with van der Waals surface area (Å²) in [6, 6.07) is 8.21. The third-order valence-corrected chi connectivity index (χ3v) is 3.07. The average Bonchev–Trinajstić information content (AvgIpc) is 2.35. The van der Waals surface area contributed by atoms with Crippen molar-refractivity contribution in [3.05, 3.63) is 35.4 Å². The second-order valence-corrected chi connectivity index (χ2v) is 4.34. The van der Waals surface area contributed by atoms with Gasteiger partial charge in [0, 0.05) is 12.0 Å². The van der Waals surface area contributed by atoms with Crippen molar-refractivity contribution in [1.82, 2.24) is 0 Å². The Morgan fingerprint density at radius 1 is 1.35 bits per heavy atom. The van der Waals surface area contributed by atoms with E-state index in [1.807, 2.05) is 6.92 Å². The Morgan fingerprint density at radius 3 is 2.35 bits per heavy atom. The van der Waals surface area contributed by atoms with Crippen molar-refractivity contribution in [2.75, 3.05) is 7.11 Å². The van der Waals surface area contributed by atoms with E-state index in [1.54, 1.807) is 0 Å². The molecule has 0 saturated carbocycles. The Hall–Kier alpha value is -1.35. The molecule has 2 N–H and O–H groups in total. The Kier molecular flexibility index (Phi) is 5.16. The molecule has 3 heteroatoms. The number of ether oxygens (including phenoxy) is 1. The highest BCUT2D eigenvalue weighted by Gasteiger charge is 2.20. The van der Waals surface area contributed by atoms with Crippen molar-refractivity contribution in [2.45, 2.75) is 38.6 Å². The van der Waals surface area contributed by atoms with E-state index in [-0.39, 0.29) is 17.9 Å². The number of rotatable bonds is 5. The fraction of sp³-hybridized carbons (Fsp3) is 0.500. The number of esters is 1. The molecule has 0 aliphatic carbocycles. The van der Waals surface area contributed by atoms with E-state index in [9.17, 15) is 4.79 Å². The quantitative estimate of drug-likeness (QED) is 0.796. The van der Waals surface area contributed by atoms with Crippen LogP contribution in [0.5, 0.6) is 0 Å². The third kappa shape index (κ3) is 3.86. The Bertz CT molecular complexity index is 357. The van der Waals surface area contributed by atoms with Crippen molar-refractivity contribution >= 4 is 5.97 Å². The predicted octanol–water partition coefficient (Wildman–Crippen LogP) is 2.24. The first-order valence-electron chi connectivity index (χ1n) is 5.99. The van der Waals surface area contributed by atoms with Gasteiger partial charge in [-0.3, -0.25) is 4.79 Å². The molecule has 17 heavy (non-hydrogen) atoms. The number of aryl methyl sites for hydroxylation is 1. The van der Waals surface area contributed by atoms with Gasteiger partial charge in [0.2, 0.25) is 0 Å². The lowest BCUT2D eigenvalue weighted by Gasteiger charge is -2.20. The van der Waals surface area contributed by atoms with Crippen molar-refractivity contribution in [1.29, 1.82) is 0 Å². The van der Waals surface area contributed by atoms with Crippen LogP contribution >= 0.6 is 0 Å². The molecule has 0 spiro atoms. The number of hydrogen-bond acceptors (Lipinski definition) is 3. The maximum absolute atomic E-state index is 11.3. The topological polar surface area (TPSA) is 52.3 Å². The highest BCUT2D eigenvalue weighted by atomic mass is 16.5. The molecule has 2 atom stereocenters. The zero-order valence-electron chi connectivity index (χ0n) is 10.8. The molecular formula is C14H21NO2. The third-order valence-electron chi connectivity index (χ3n) is 3.07. The molecule has 0 aliphatic rings. The van der Waals surface area contributed by atoms with Gasteiger partial charge >= 0.3 is 5.97 Å². The van der Waals surface area contributed by atoms with E-state index in [1.165, 1.54) is 12.7 Å². The van der Waals surface area contributed by atoms with E-state index in [4.69, 9.17) is 10.5 Å². The van der Waals surface area contributed by atoms with E-state index >= 15 is 0 Å². The number of benzene rings is 1. The van der Waals surface area contributed by atoms with Crippen LogP contribution in [-0.2, 0) is 16.0 Å². The van der Waals surface area contributed by atoms with Gasteiger partial charge in [-0.1, -0.05) is 31.2 Å². The molecule has 1 rings (SSSR count). The first kappa shape index (κ1) is 13.7. The molecule has 0 fully saturated rings. The van der Waals surface area contributed by atoms with Crippen LogP contribution < -0.4 is 5.73 Å². The molecular weight excluding hydrogens is 214 g/mol. The van der Waals surface area contributed by atoms with Crippen LogP contribution in [-0.4, -0.2) is 19.1 Å². The van der Waals surface area contributed by atoms with E-state index in [2.05, 4.69) is 31.2 Å². The monoisotopic (exact) mass is 235 g/mol. The van der Waals surface area contributed by atoms with E-state index < -0.39 is 0 Å². The van der Waals surface area contributed by atoms with Crippen LogP contribution in [0.2, 0.25) is 0 Å². The molecule has 0 bridgehead atoms. The maximum atomic E-state index is 11.3. The average molecular weight is 235 g/mol. The minimum absolute atomic E-state index is 0.0216. The lowest BCUT2D eigenvalue weighted by atomic mass is 9.89. The van der Waals surface area contributed by atoms with Crippen LogP contribution in [0.4, 0.5) is 0 Å². The van der Waals surface area contributed by atoms with E-state index in [0.29, 0.717) is 6.42 Å². The molecule has 0 radical (unpaired) electrons. The van der Waals surface area contributed by atoms with Crippen LogP contribution in [0, 0.1) is 0 Å². The normalized spacial score (nSPS) is 14.1. The van der Waals surface area contributed by atoms with Crippen molar-refractivity contribution in [3.8, 4) is 0 Å². The minimum atomic E-state index is -0.216. The number of carbonyl (C=O) groups is 1. The van der Waals surface area contributed by atoms with Crippen LogP contribution in [0.25, 0.3) is 0 Å². The largest absolute Gasteiger partial charge is 0.469 e. The van der Waals surface area contributed by atoms with Gasteiger partial charge in [-0.05, 0) is 24.5 Å². The van der Waals surface area contributed by atoms with Gasteiger partial charge in [-0.2, -0.15) is 0 Å². The summed E-state index contributed by atoms with van der Waals surface area (Å²) in [7, 11) is 1.40. The molecule has 1 aromatic carbocycles. The summed E-state index contributed by atoms with van der Waals surface area (Å²) in [6.07, 6.45) is 1.35. The molecule has 0 aliphatic heterocycles. The molecule has 0 heterocycles. The summed E-state index contributed by atoms with van der Waals surface area (Å²) in [5, 5.41) is 0. The predicted molar refractivity (Wildman–Crippen MR) is 68.8 cm³/mol.